The number of pyridine rings is 1. The highest BCUT2D eigenvalue weighted by atomic mass is 35.5. The maximum absolute atomic E-state index is 8.99. The lowest BCUT2D eigenvalue weighted by Crippen LogP contribution is -2.03. The summed E-state index contributed by atoms with van der Waals surface area (Å²) in [4.78, 5) is 3.87. The van der Waals surface area contributed by atoms with E-state index in [1.165, 1.54) is 0 Å². The van der Waals surface area contributed by atoms with E-state index in [0.717, 1.165) is 5.56 Å². The summed E-state index contributed by atoms with van der Waals surface area (Å²) < 4.78 is 0. The van der Waals surface area contributed by atoms with Crippen molar-refractivity contribution in [2.75, 3.05) is 0 Å². The summed E-state index contributed by atoms with van der Waals surface area (Å²) in [5.74, 6) is 0. The number of rotatable bonds is 2. The first kappa shape index (κ1) is 10.4. The lowest BCUT2D eigenvalue weighted by atomic mass is 10.1. The molecule has 1 N–H and O–H groups in total. The van der Waals surface area contributed by atoms with Crippen molar-refractivity contribution in [2.45, 2.75) is 19.4 Å². The first-order chi connectivity index (χ1) is 4.79. The molecule has 0 aromatic carbocycles. The SMILES string of the molecule is CC(O)Cc1ccncc1.Cl. The number of aromatic nitrogens is 1. The maximum Gasteiger partial charge on any atom is 0.0552 e. The molecule has 0 aliphatic carbocycles. The summed E-state index contributed by atoms with van der Waals surface area (Å²) >= 11 is 0. The van der Waals surface area contributed by atoms with E-state index in [9.17, 15) is 0 Å². The van der Waals surface area contributed by atoms with E-state index in [0.29, 0.717) is 6.42 Å². The largest absolute Gasteiger partial charge is 0.393 e. The van der Waals surface area contributed by atoms with Gasteiger partial charge in [-0.25, -0.2) is 0 Å². The van der Waals surface area contributed by atoms with Crippen molar-refractivity contribution in [3.8, 4) is 0 Å². The van der Waals surface area contributed by atoms with Gasteiger partial charge in [0.15, 0.2) is 0 Å². The van der Waals surface area contributed by atoms with E-state index in [-0.39, 0.29) is 18.5 Å². The first-order valence-corrected chi connectivity index (χ1v) is 3.36. The Morgan fingerprint density at radius 3 is 2.45 bits per heavy atom. The van der Waals surface area contributed by atoms with Crippen LogP contribution in [0, 0.1) is 0 Å². The molecule has 11 heavy (non-hydrogen) atoms. The van der Waals surface area contributed by atoms with Crippen molar-refractivity contribution in [2.24, 2.45) is 0 Å². The highest BCUT2D eigenvalue weighted by molar-refractivity contribution is 5.85. The fraction of sp³-hybridized carbons (Fsp3) is 0.375. The van der Waals surface area contributed by atoms with Crippen molar-refractivity contribution in [3.05, 3.63) is 30.1 Å². The molecule has 1 unspecified atom stereocenters. The minimum absolute atomic E-state index is 0. The third kappa shape index (κ3) is 3.96. The summed E-state index contributed by atoms with van der Waals surface area (Å²) in [7, 11) is 0. The second-order valence-electron chi connectivity index (χ2n) is 2.41. The van der Waals surface area contributed by atoms with Crippen LogP contribution in [0.15, 0.2) is 24.5 Å². The smallest absolute Gasteiger partial charge is 0.0552 e. The second kappa shape index (κ2) is 5.10. The highest BCUT2D eigenvalue weighted by Crippen LogP contribution is 1.99. The third-order valence-electron chi connectivity index (χ3n) is 1.28. The molecular formula is C8H12ClNO. The van der Waals surface area contributed by atoms with Gasteiger partial charge >= 0.3 is 0 Å². The molecule has 0 saturated carbocycles. The molecule has 3 heteroatoms. The van der Waals surface area contributed by atoms with Crippen molar-refractivity contribution >= 4 is 12.4 Å². The number of nitrogens with zero attached hydrogens (tertiary/aromatic N) is 1. The fourth-order valence-electron chi connectivity index (χ4n) is 0.860. The standard InChI is InChI=1S/C8H11NO.ClH/c1-7(10)6-8-2-4-9-5-3-8;/h2-5,7,10H,6H2,1H3;1H. The van der Waals surface area contributed by atoms with Gasteiger partial charge in [0.2, 0.25) is 0 Å². The molecule has 1 heterocycles. The van der Waals surface area contributed by atoms with Gasteiger partial charge < -0.3 is 5.11 Å². The average molecular weight is 174 g/mol. The Kier molecular flexibility index (Phi) is 4.83. The molecule has 0 fully saturated rings. The number of aliphatic hydroxyl groups excluding tert-OH is 1. The van der Waals surface area contributed by atoms with E-state index < -0.39 is 0 Å². The van der Waals surface area contributed by atoms with Gasteiger partial charge in [-0.05, 0) is 31.0 Å². The first-order valence-electron chi connectivity index (χ1n) is 3.36. The molecule has 0 aliphatic heterocycles. The van der Waals surface area contributed by atoms with Crippen LogP contribution in [0.2, 0.25) is 0 Å². The van der Waals surface area contributed by atoms with Crippen LogP contribution in [0.5, 0.6) is 0 Å². The van der Waals surface area contributed by atoms with Crippen LogP contribution in [0.3, 0.4) is 0 Å². The van der Waals surface area contributed by atoms with Gasteiger partial charge in [-0.2, -0.15) is 0 Å². The molecule has 0 bridgehead atoms. The maximum atomic E-state index is 8.99. The van der Waals surface area contributed by atoms with Gasteiger partial charge in [0.1, 0.15) is 0 Å². The molecular weight excluding hydrogens is 162 g/mol. The monoisotopic (exact) mass is 173 g/mol. The van der Waals surface area contributed by atoms with Gasteiger partial charge in [-0.3, -0.25) is 4.98 Å². The van der Waals surface area contributed by atoms with Gasteiger partial charge in [0, 0.05) is 12.4 Å². The summed E-state index contributed by atoms with van der Waals surface area (Å²) in [6.07, 6.45) is 3.92. The van der Waals surface area contributed by atoms with Crippen molar-refractivity contribution in [1.29, 1.82) is 0 Å². The Morgan fingerprint density at radius 2 is 2.00 bits per heavy atom. The zero-order valence-corrected chi connectivity index (χ0v) is 7.21. The Morgan fingerprint density at radius 1 is 1.45 bits per heavy atom. The number of hydrogen-bond donors (Lipinski definition) is 1. The molecule has 1 rings (SSSR count). The van der Waals surface area contributed by atoms with Crippen LogP contribution in [0.4, 0.5) is 0 Å². The fourth-order valence-corrected chi connectivity index (χ4v) is 0.860. The van der Waals surface area contributed by atoms with Gasteiger partial charge in [-0.15, -0.1) is 12.4 Å². The predicted molar refractivity (Wildman–Crippen MR) is 46.9 cm³/mol. The third-order valence-corrected chi connectivity index (χ3v) is 1.28. The van der Waals surface area contributed by atoms with Crippen LogP contribution >= 0.6 is 12.4 Å². The van der Waals surface area contributed by atoms with E-state index >= 15 is 0 Å². The Labute approximate surface area is 72.7 Å². The molecule has 0 radical (unpaired) electrons. The van der Waals surface area contributed by atoms with E-state index in [2.05, 4.69) is 4.98 Å². The lowest BCUT2D eigenvalue weighted by molar-refractivity contribution is 0.195. The Balaban J connectivity index is 0.000001000. The molecule has 0 amide bonds. The molecule has 62 valence electrons. The van der Waals surface area contributed by atoms with Crippen LogP contribution in [0.25, 0.3) is 0 Å². The molecule has 2 nitrogen and oxygen atoms in total. The number of aliphatic hydroxyl groups is 1. The topological polar surface area (TPSA) is 33.1 Å². The van der Waals surface area contributed by atoms with Crippen LogP contribution < -0.4 is 0 Å². The van der Waals surface area contributed by atoms with Crippen LogP contribution in [-0.4, -0.2) is 16.2 Å². The number of hydrogen-bond acceptors (Lipinski definition) is 2. The quantitative estimate of drug-likeness (QED) is 0.734. The molecule has 1 atom stereocenters. The normalized spacial score (nSPS) is 11.8. The molecule has 0 aliphatic rings. The molecule has 1 aromatic rings. The zero-order valence-electron chi connectivity index (χ0n) is 6.40. The minimum atomic E-state index is -0.262. The van der Waals surface area contributed by atoms with Crippen molar-refractivity contribution < 1.29 is 5.11 Å². The molecule has 1 aromatic heterocycles. The summed E-state index contributed by atoms with van der Waals surface area (Å²) in [5, 5.41) is 8.99. The van der Waals surface area contributed by atoms with Crippen molar-refractivity contribution in [3.63, 3.8) is 0 Å². The summed E-state index contributed by atoms with van der Waals surface area (Å²) in [6.45, 7) is 1.78. The van der Waals surface area contributed by atoms with Gasteiger partial charge in [0.25, 0.3) is 0 Å². The number of halogens is 1. The second-order valence-corrected chi connectivity index (χ2v) is 2.41. The minimum Gasteiger partial charge on any atom is -0.393 e. The van der Waals surface area contributed by atoms with E-state index in [1.807, 2.05) is 12.1 Å². The van der Waals surface area contributed by atoms with Crippen molar-refractivity contribution in [1.82, 2.24) is 4.98 Å². The van der Waals surface area contributed by atoms with Gasteiger partial charge in [0.05, 0.1) is 6.10 Å². The summed E-state index contributed by atoms with van der Waals surface area (Å²) in [5.41, 5.74) is 1.13. The Hall–Kier alpha value is -0.600. The average Bonchev–Trinajstić information content (AvgIpc) is 1.88. The predicted octanol–water partition coefficient (Wildman–Crippen LogP) is 1.43. The van der Waals surface area contributed by atoms with Gasteiger partial charge in [-0.1, -0.05) is 0 Å². The molecule has 0 saturated heterocycles. The Bertz CT molecular complexity index is 189. The highest BCUT2D eigenvalue weighted by Gasteiger charge is 1.95. The zero-order chi connectivity index (χ0) is 7.40. The summed E-state index contributed by atoms with van der Waals surface area (Å²) in [6, 6.07) is 3.82. The van der Waals surface area contributed by atoms with Crippen LogP contribution in [0.1, 0.15) is 12.5 Å². The molecule has 0 spiro atoms. The van der Waals surface area contributed by atoms with Crippen LogP contribution in [-0.2, 0) is 6.42 Å². The van der Waals surface area contributed by atoms with E-state index in [4.69, 9.17) is 5.11 Å². The van der Waals surface area contributed by atoms with E-state index in [1.54, 1.807) is 19.3 Å². The lowest BCUT2D eigenvalue weighted by Gasteiger charge is -2.01.